The Bertz CT molecular complexity index is 1530. The Morgan fingerprint density at radius 3 is 1.85 bits per heavy atom. The predicted octanol–water partition coefficient (Wildman–Crippen LogP) is 2.60. The molecule has 0 radical (unpaired) electrons. The van der Waals surface area contributed by atoms with E-state index in [1.807, 2.05) is 88.4 Å². The molecule has 5 atom stereocenters. The van der Waals surface area contributed by atoms with E-state index in [1.165, 1.54) is 0 Å². The van der Waals surface area contributed by atoms with E-state index >= 15 is 0 Å². The molecule has 2 aliphatic rings. The first kappa shape index (κ1) is 43.6. The monoisotopic (exact) mass is 763 g/mol. The van der Waals surface area contributed by atoms with E-state index in [0.717, 1.165) is 24.2 Å². The van der Waals surface area contributed by atoms with Crippen molar-refractivity contribution in [2.45, 2.75) is 96.5 Å². The fraction of sp³-hybridized carbons (Fsp3) is 0.595. The van der Waals surface area contributed by atoms with Crippen LogP contribution in [0.25, 0.3) is 0 Å². The quantitative estimate of drug-likeness (QED) is 0.0983. The fourth-order valence-electron chi connectivity index (χ4n) is 6.54. The highest BCUT2D eigenvalue weighted by Crippen LogP contribution is 2.29. The van der Waals surface area contributed by atoms with Crippen LogP contribution in [-0.2, 0) is 51.0 Å². The summed E-state index contributed by atoms with van der Waals surface area (Å²) in [6.07, 6.45) is 1.66. The van der Waals surface area contributed by atoms with Gasteiger partial charge in [-0.3, -0.25) is 28.9 Å². The summed E-state index contributed by atoms with van der Waals surface area (Å²) < 4.78 is 16.5. The molecular weight excluding hydrogens is 702 g/mol. The van der Waals surface area contributed by atoms with E-state index in [2.05, 4.69) is 26.2 Å². The normalized spacial score (nSPS) is 19.2. The van der Waals surface area contributed by atoms with Crippen molar-refractivity contribution >= 4 is 29.4 Å². The van der Waals surface area contributed by atoms with Gasteiger partial charge in [-0.05, 0) is 55.6 Å². The number of benzene rings is 2. The number of ether oxygens (including phenoxy) is 3. The fourth-order valence-corrected chi connectivity index (χ4v) is 6.54. The van der Waals surface area contributed by atoms with Gasteiger partial charge in [-0.2, -0.15) is 0 Å². The number of Topliss-reactive ketones (excluding diaryl/α,β-unsaturated/α-hetero) is 1. The molecule has 13 nitrogen and oxygen atoms in total. The maximum Gasteiger partial charge on any atom is 0.246 e. The van der Waals surface area contributed by atoms with Crippen LogP contribution in [0.1, 0.15) is 65.0 Å². The number of carbonyl (C=O) groups excluding carboxylic acids is 5. The molecule has 302 valence electrons. The number of rotatable bonds is 23. The molecule has 2 aromatic carbocycles. The summed E-state index contributed by atoms with van der Waals surface area (Å²) in [5.74, 6) is -2.07. The van der Waals surface area contributed by atoms with E-state index in [1.54, 1.807) is 6.92 Å². The van der Waals surface area contributed by atoms with Crippen molar-refractivity contribution in [3.05, 3.63) is 71.8 Å². The minimum atomic E-state index is -1.04. The van der Waals surface area contributed by atoms with Crippen molar-refractivity contribution in [1.29, 1.82) is 0 Å². The number of amides is 4. The van der Waals surface area contributed by atoms with E-state index in [4.69, 9.17) is 14.2 Å². The van der Waals surface area contributed by atoms with Crippen LogP contribution >= 0.6 is 0 Å². The Morgan fingerprint density at radius 1 is 0.727 bits per heavy atom. The summed E-state index contributed by atoms with van der Waals surface area (Å²) >= 11 is 0. The number of carbonyl (C=O) groups is 5. The number of nitrogens with zero attached hydrogens (tertiary/aromatic N) is 1. The van der Waals surface area contributed by atoms with Gasteiger partial charge in [0.05, 0.1) is 32.5 Å². The van der Waals surface area contributed by atoms with Gasteiger partial charge in [0.25, 0.3) is 0 Å². The van der Waals surface area contributed by atoms with Crippen LogP contribution in [0, 0.1) is 11.8 Å². The maximum atomic E-state index is 14.1. The van der Waals surface area contributed by atoms with Crippen molar-refractivity contribution in [3.63, 3.8) is 0 Å². The molecule has 0 aliphatic carbocycles. The second-order valence-corrected chi connectivity index (χ2v) is 15.7. The summed E-state index contributed by atoms with van der Waals surface area (Å²) in [5, 5.41) is 11.5. The molecule has 3 unspecified atom stereocenters. The van der Waals surface area contributed by atoms with Gasteiger partial charge in [0, 0.05) is 26.1 Å². The van der Waals surface area contributed by atoms with Crippen molar-refractivity contribution in [2.75, 3.05) is 52.7 Å². The van der Waals surface area contributed by atoms with Gasteiger partial charge in [-0.1, -0.05) is 88.4 Å². The molecule has 0 bridgehead atoms. The molecule has 55 heavy (non-hydrogen) atoms. The number of epoxide rings is 1. The van der Waals surface area contributed by atoms with Gasteiger partial charge in [-0.15, -0.1) is 0 Å². The molecule has 0 aromatic heterocycles. The van der Waals surface area contributed by atoms with Crippen molar-refractivity contribution in [2.24, 2.45) is 11.8 Å². The topological polar surface area (TPSA) is 168 Å². The van der Waals surface area contributed by atoms with E-state index < -0.39 is 53.4 Å². The first-order valence-electron chi connectivity index (χ1n) is 19.7. The zero-order chi connectivity index (χ0) is 39.8. The highest BCUT2D eigenvalue weighted by molar-refractivity contribution is 5.98. The summed E-state index contributed by atoms with van der Waals surface area (Å²) in [5.41, 5.74) is 0.880. The van der Waals surface area contributed by atoms with Crippen molar-refractivity contribution in [3.8, 4) is 0 Å². The molecule has 13 heteroatoms. The van der Waals surface area contributed by atoms with Crippen LogP contribution in [0.4, 0.5) is 0 Å². The second kappa shape index (κ2) is 21.8. The standard InChI is InChI=1S/C42H61N5O8/c1-29(2)24-34(38(49)42(5)28-55-42)44-41(52)36(26-32-14-10-7-11-15-32)46-40(51)35(25-30(3)4)45-39(50)33(17-16-31-12-8-6-9-13-31)43-37(48)27-54-23-20-47-18-21-53-22-19-47/h6-15,29-30,33-36H,16-28H2,1-5H3,(H,43,48)(H,44,52)(H,45,50)(H,46,51)/t33-,34?,35?,36-,42?/m0/s1. The summed E-state index contributed by atoms with van der Waals surface area (Å²) in [6, 6.07) is 15.1. The molecule has 2 heterocycles. The summed E-state index contributed by atoms with van der Waals surface area (Å²) in [6.45, 7) is 13.6. The maximum absolute atomic E-state index is 14.1. The Morgan fingerprint density at radius 2 is 1.25 bits per heavy atom. The molecule has 4 amide bonds. The molecule has 4 rings (SSSR count). The molecule has 2 aromatic rings. The van der Waals surface area contributed by atoms with Crippen LogP contribution in [-0.4, -0.2) is 117 Å². The third-order valence-electron chi connectivity index (χ3n) is 9.80. The SMILES string of the molecule is CC(C)CC(NC(=O)[C@H](CCc1ccccc1)NC(=O)COCCN1CCOCC1)C(=O)N[C@@H](Cc1ccccc1)C(=O)NC(CC(C)C)C(=O)C1(C)CO1. The number of nitrogens with one attached hydrogen (secondary N) is 4. The number of morpholine rings is 1. The lowest BCUT2D eigenvalue weighted by Gasteiger charge is -2.28. The second-order valence-electron chi connectivity index (χ2n) is 15.7. The zero-order valence-electron chi connectivity index (χ0n) is 33.1. The lowest BCUT2D eigenvalue weighted by atomic mass is 9.93. The lowest BCUT2D eigenvalue weighted by molar-refractivity contribution is -0.135. The van der Waals surface area contributed by atoms with Gasteiger partial charge in [0.2, 0.25) is 23.6 Å². The number of aryl methyl sites for hydroxylation is 1. The molecule has 4 N–H and O–H groups in total. The molecular formula is C42H61N5O8. The lowest BCUT2D eigenvalue weighted by Crippen LogP contribution is -2.59. The first-order chi connectivity index (χ1) is 26.3. The van der Waals surface area contributed by atoms with Gasteiger partial charge in [-0.25, -0.2) is 0 Å². The summed E-state index contributed by atoms with van der Waals surface area (Å²) in [4.78, 5) is 70.7. The van der Waals surface area contributed by atoms with Crippen LogP contribution in [0.15, 0.2) is 60.7 Å². The molecule has 2 fully saturated rings. The number of hydrogen-bond acceptors (Lipinski definition) is 9. The highest BCUT2D eigenvalue weighted by Gasteiger charge is 2.50. The van der Waals surface area contributed by atoms with Gasteiger partial charge in [0.15, 0.2) is 5.78 Å². The minimum Gasteiger partial charge on any atom is -0.379 e. The van der Waals surface area contributed by atoms with Gasteiger partial charge >= 0.3 is 0 Å². The zero-order valence-corrected chi connectivity index (χ0v) is 33.1. The van der Waals surface area contributed by atoms with E-state index in [-0.39, 0.29) is 37.1 Å². The number of ketones is 1. The predicted molar refractivity (Wildman–Crippen MR) is 209 cm³/mol. The third kappa shape index (κ3) is 15.1. The first-order valence-corrected chi connectivity index (χ1v) is 19.7. The van der Waals surface area contributed by atoms with Gasteiger partial charge < -0.3 is 35.5 Å². The minimum absolute atomic E-state index is 0.00186. The summed E-state index contributed by atoms with van der Waals surface area (Å²) in [7, 11) is 0. The van der Waals surface area contributed by atoms with Crippen LogP contribution in [0.2, 0.25) is 0 Å². The Hall–Kier alpha value is -4.17. The average molecular weight is 764 g/mol. The van der Waals surface area contributed by atoms with Crippen LogP contribution in [0.5, 0.6) is 0 Å². The van der Waals surface area contributed by atoms with E-state index in [9.17, 15) is 24.0 Å². The third-order valence-corrected chi connectivity index (χ3v) is 9.80. The average Bonchev–Trinajstić information content (AvgIpc) is 3.92. The van der Waals surface area contributed by atoms with Crippen molar-refractivity contribution < 1.29 is 38.2 Å². The largest absolute Gasteiger partial charge is 0.379 e. The molecule has 0 saturated carbocycles. The molecule has 0 spiro atoms. The Labute approximate surface area is 326 Å². The Kier molecular flexibility index (Phi) is 17.3. The van der Waals surface area contributed by atoms with Crippen LogP contribution in [0.3, 0.4) is 0 Å². The van der Waals surface area contributed by atoms with Crippen molar-refractivity contribution in [1.82, 2.24) is 26.2 Å². The number of hydrogen-bond donors (Lipinski definition) is 4. The highest BCUT2D eigenvalue weighted by atomic mass is 16.6. The molecule has 2 aliphatic heterocycles. The molecule has 2 saturated heterocycles. The smallest absolute Gasteiger partial charge is 0.246 e. The van der Waals surface area contributed by atoms with Crippen LogP contribution < -0.4 is 21.3 Å². The Balaban J connectivity index is 1.46. The van der Waals surface area contributed by atoms with Gasteiger partial charge in [0.1, 0.15) is 30.3 Å². The van der Waals surface area contributed by atoms with E-state index in [0.29, 0.717) is 52.2 Å².